The molecule has 0 spiro atoms. The van der Waals surface area contributed by atoms with Gasteiger partial charge in [-0.05, 0) is 6.92 Å². The van der Waals surface area contributed by atoms with Gasteiger partial charge >= 0.3 is 0 Å². The van der Waals surface area contributed by atoms with Crippen molar-refractivity contribution >= 4 is 11.6 Å². The number of imidazole rings is 1. The van der Waals surface area contributed by atoms with Crippen LogP contribution in [0.5, 0.6) is 0 Å². The van der Waals surface area contributed by atoms with Crippen LogP contribution in [0.4, 0.5) is 0 Å². The molecule has 0 saturated carbocycles. The van der Waals surface area contributed by atoms with Gasteiger partial charge in [0.1, 0.15) is 5.82 Å². The molecule has 0 bridgehead atoms. The molecule has 0 amide bonds. The third kappa shape index (κ3) is 2.27. The monoisotopic (exact) mass is 268 g/mol. The zero-order chi connectivity index (χ0) is 13.3. The van der Waals surface area contributed by atoms with Gasteiger partial charge in [-0.25, -0.2) is 10.4 Å². The van der Waals surface area contributed by atoms with E-state index >= 15 is 0 Å². The summed E-state index contributed by atoms with van der Waals surface area (Å²) >= 11 is 6.24. The molecule has 1 unspecified atom stereocenters. The summed E-state index contributed by atoms with van der Waals surface area (Å²) < 4.78 is 3.71. The van der Waals surface area contributed by atoms with E-state index in [2.05, 4.69) is 15.5 Å². The molecule has 98 valence electrons. The number of nitrogens with two attached hydrogens (primary N) is 1. The van der Waals surface area contributed by atoms with E-state index in [0.717, 1.165) is 17.2 Å². The van der Waals surface area contributed by atoms with Crippen molar-refractivity contribution in [2.75, 3.05) is 0 Å². The fraction of sp³-hybridized carbons (Fsp3) is 0.455. The smallest absolute Gasteiger partial charge is 0.127 e. The van der Waals surface area contributed by atoms with E-state index in [1.807, 2.05) is 31.8 Å². The number of hydrogen-bond donors (Lipinski definition) is 2. The van der Waals surface area contributed by atoms with Crippen molar-refractivity contribution in [1.82, 2.24) is 24.8 Å². The zero-order valence-electron chi connectivity index (χ0n) is 10.7. The molecule has 0 radical (unpaired) electrons. The van der Waals surface area contributed by atoms with Crippen LogP contribution in [0.15, 0.2) is 12.4 Å². The van der Waals surface area contributed by atoms with Crippen LogP contribution in [0.2, 0.25) is 5.02 Å². The van der Waals surface area contributed by atoms with Gasteiger partial charge in [-0.15, -0.1) is 0 Å². The summed E-state index contributed by atoms with van der Waals surface area (Å²) in [6.45, 7) is 1.89. The molecule has 0 aliphatic rings. The summed E-state index contributed by atoms with van der Waals surface area (Å²) in [5.74, 6) is 6.48. The number of nitrogens with one attached hydrogen (secondary N) is 1. The van der Waals surface area contributed by atoms with Crippen LogP contribution < -0.4 is 11.3 Å². The average molecular weight is 269 g/mol. The van der Waals surface area contributed by atoms with Crippen molar-refractivity contribution in [1.29, 1.82) is 0 Å². The molecule has 0 saturated heterocycles. The van der Waals surface area contributed by atoms with Crippen molar-refractivity contribution in [3.05, 3.63) is 34.6 Å². The molecule has 2 aromatic rings. The number of aromatic nitrogens is 4. The Bertz CT molecular complexity index is 544. The van der Waals surface area contributed by atoms with Crippen molar-refractivity contribution in [3.63, 3.8) is 0 Å². The predicted molar refractivity (Wildman–Crippen MR) is 69.9 cm³/mol. The van der Waals surface area contributed by atoms with E-state index in [0.29, 0.717) is 11.4 Å². The van der Waals surface area contributed by atoms with Crippen molar-refractivity contribution < 1.29 is 0 Å². The van der Waals surface area contributed by atoms with Crippen LogP contribution in [0, 0.1) is 6.92 Å². The Kier molecular flexibility index (Phi) is 3.70. The van der Waals surface area contributed by atoms with Gasteiger partial charge in [0, 0.05) is 32.9 Å². The Hall–Kier alpha value is -1.37. The Morgan fingerprint density at radius 1 is 1.50 bits per heavy atom. The van der Waals surface area contributed by atoms with Gasteiger partial charge in [0.2, 0.25) is 0 Å². The number of hydrazine groups is 1. The van der Waals surface area contributed by atoms with Crippen molar-refractivity contribution in [3.8, 4) is 0 Å². The zero-order valence-corrected chi connectivity index (χ0v) is 11.4. The lowest BCUT2D eigenvalue weighted by Gasteiger charge is -2.16. The molecule has 0 aliphatic carbocycles. The van der Waals surface area contributed by atoms with E-state index < -0.39 is 0 Å². The summed E-state index contributed by atoms with van der Waals surface area (Å²) in [4.78, 5) is 4.30. The van der Waals surface area contributed by atoms with E-state index in [9.17, 15) is 0 Å². The number of aryl methyl sites for hydroxylation is 3. The van der Waals surface area contributed by atoms with Crippen molar-refractivity contribution in [2.45, 2.75) is 19.4 Å². The minimum Gasteiger partial charge on any atom is -0.337 e. The van der Waals surface area contributed by atoms with Crippen LogP contribution in [-0.4, -0.2) is 19.3 Å². The first kappa shape index (κ1) is 13.1. The highest BCUT2D eigenvalue weighted by atomic mass is 35.5. The number of halogens is 1. The highest BCUT2D eigenvalue weighted by molar-refractivity contribution is 6.31. The number of nitrogens with zero attached hydrogens (tertiary/aromatic N) is 4. The molecule has 2 heterocycles. The normalized spacial score (nSPS) is 12.9. The maximum atomic E-state index is 6.24. The molecular formula is C11H17ClN6. The standard InChI is InChI=1S/C11H17ClN6/c1-7-10(12)9(18(3)16-7)6-8(15-13)11-14-4-5-17(11)2/h4-5,8,15H,6,13H2,1-3H3. The second-order valence-corrected chi connectivity index (χ2v) is 4.67. The lowest BCUT2D eigenvalue weighted by molar-refractivity contribution is 0.492. The first-order chi connectivity index (χ1) is 8.54. The molecule has 18 heavy (non-hydrogen) atoms. The first-order valence-corrected chi connectivity index (χ1v) is 6.03. The van der Waals surface area contributed by atoms with E-state index in [4.69, 9.17) is 17.4 Å². The lowest BCUT2D eigenvalue weighted by Crippen LogP contribution is -2.32. The Labute approximate surface area is 111 Å². The third-order valence-electron chi connectivity index (χ3n) is 3.03. The Morgan fingerprint density at radius 3 is 2.67 bits per heavy atom. The van der Waals surface area contributed by atoms with Crippen LogP contribution >= 0.6 is 11.6 Å². The topological polar surface area (TPSA) is 73.7 Å². The quantitative estimate of drug-likeness (QED) is 0.637. The molecule has 7 heteroatoms. The molecule has 0 aliphatic heterocycles. The fourth-order valence-corrected chi connectivity index (χ4v) is 2.27. The highest BCUT2D eigenvalue weighted by Gasteiger charge is 2.20. The fourth-order valence-electron chi connectivity index (χ4n) is 2.03. The summed E-state index contributed by atoms with van der Waals surface area (Å²) in [5, 5.41) is 4.98. The largest absolute Gasteiger partial charge is 0.337 e. The van der Waals surface area contributed by atoms with E-state index in [-0.39, 0.29) is 6.04 Å². The van der Waals surface area contributed by atoms with E-state index in [1.165, 1.54) is 0 Å². The molecule has 0 fully saturated rings. The third-order valence-corrected chi connectivity index (χ3v) is 3.52. The molecule has 2 rings (SSSR count). The second-order valence-electron chi connectivity index (χ2n) is 4.29. The van der Waals surface area contributed by atoms with Crippen molar-refractivity contribution in [2.24, 2.45) is 19.9 Å². The summed E-state index contributed by atoms with van der Waals surface area (Å²) in [7, 11) is 3.81. The van der Waals surface area contributed by atoms with Gasteiger partial charge in [0.25, 0.3) is 0 Å². The lowest BCUT2D eigenvalue weighted by atomic mass is 10.1. The SMILES string of the molecule is Cc1nn(C)c(CC(NN)c2nccn2C)c1Cl. The van der Waals surface area contributed by atoms with Crippen LogP contribution in [0.3, 0.4) is 0 Å². The second kappa shape index (κ2) is 5.09. The van der Waals surface area contributed by atoms with Gasteiger partial charge in [-0.1, -0.05) is 11.6 Å². The average Bonchev–Trinajstić information content (AvgIpc) is 2.84. The predicted octanol–water partition coefficient (Wildman–Crippen LogP) is 0.863. The minimum absolute atomic E-state index is 0.0997. The molecule has 0 aromatic carbocycles. The Balaban J connectivity index is 2.29. The molecule has 2 aromatic heterocycles. The molecule has 3 N–H and O–H groups in total. The molecule has 1 atom stereocenters. The molecular weight excluding hydrogens is 252 g/mol. The highest BCUT2D eigenvalue weighted by Crippen LogP contribution is 2.24. The Morgan fingerprint density at radius 2 is 2.22 bits per heavy atom. The maximum absolute atomic E-state index is 6.24. The summed E-state index contributed by atoms with van der Waals surface area (Å²) in [6, 6.07) is -0.0997. The van der Waals surface area contributed by atoms with E-state index in [1.54, 1.807) is 10.9 Å². The van der Waals surface area contributed by atoms with Gasteiger partial charge in [0.05, 0.1) is 22.5 Å². The van der Waals surface area contributed by atoms with Gasteiger partial charge in [-0.2, -0.15) is 5.10 Å². The van der Waals surface area contributed by atoms with Crippen LogP contribution in [0.1, 0.15) is 23.3 Å². The van der Waals surface area contributed by atoms with Crippen LogP contribution in [0.25, 0.3) is 0 Å². The number of rotatable bonds is 4. The van der Waals surface area contributed by atoms with Gasteiger partial charge < -0.3 is 4.57 Å². The summed E-state index contributed by atoms with van der Waals surface area (Å²) in [5.41, 5.74) is 4.54. The van der Waals surface area contributed by atoms with Crippen LogP contribution in [-0.2, 0) is 20.5 Å². The first-order valence-electron chi connectivity index (χ1n) is 5.66. The van der Waals surface area contributed by atoms with Gasteiger partial charge in [-0.3, -0.25) is 10.5 Å². The maximum Gasteiger partial charge on any atom is 0.127 e. The molecule has 6 nitrogen and oxygen atoms in total. The summed E-state index contributed by atoms with van der Waals surface area (Å²) in [6.07, 6.45) is 4.27. The van der Waals surface area contributed by atoms with Gasteiger partial charge in [0.15, 0.2) is 0 Å². The number of hydrogen-bond acceptors (Lipinski definition) is 4. The minimum atomic E-state index is -0.0997.